The van der Waals surface area contributed by atoms with E-state index >= 15 is 0 Å². The van der Waals surface area contributed by atoms with E-state index in [1.54, 1.807) is 12.1 Å². The van der Waals surface area contributed by atoms with Crippen LogP contribution in [0.25, 0.3) is 0 Å². The van der Waals surface area contributed by atoms with Crippen molar-refractivity contribution in [3.05, 3.63) is 29.8 Å². The molecular weight excluding hydrogens is 332 g/mol. The molecule has 1 heterocycles. The van der Waals surface area contributed by atoms with Crippen LogP contribution in [-0.4, -0.2) is 53.5 Å². The summed E-state index contributed by atoms with van der Waals surface area (Å²) in [5, 5.41) is 14.9. The number of nitrogens with one attached hydrogen (secondary N) is 2. The smallest absolute Gasteiger partial charge is 0.234 e. The van der Waals surface area contributed by atoms with E-state index in [1.165, 1.54) is 6.42 Å². The number of amides is 2. The predicted molar refractivity (Wildman–Crippen MR) is 102 cm³/mol. The van der Waals surface area contributed by atoms with E-state index in [1.807, 2.05) is 12.1 Å². The van der Waals surface area contributed by atoms with Gasteiger partial charge >= 0.3 is 0 Å². The van der Waals surface area contributed by atoms with Crippen LogP contribution in [0.4, 0.5) is 0 Å². The van der Waals surface area contributed by atoms with E-state index in [2.05, 4.69) is 29.4 Å². The molecular formula is C20H31N3O3. The number of nitrogens with zero attached hydrogens (tertiary/aromatic N) is 1. The molecule has 6 heteroatoms. The van der Waals surface area contributed by atoms with Crippen molar-refractivity contribution in [3.63, 3.8) is 0 Å². The fourth-order valence-electron chi connectivity index (χ4n) is 3.42. The van der Waals surface area contributed by atoms with Crippen molar-refractivity contribution in [3.8, 4) is 5.75 Å². The summed E-state index contributed by atoms with van der Waals surface area (Å²) in [6, 6.07) is 7.82. The average molecular weight is 363 g/mol. The van der Waals surface area contributed by atoms with E-state index in [4.69, 9.17) is 0 Å². The number of hydrogen-bond acceptors (Lipinski definition) is 4. The third kappa shape index (κ3) is 6.67. The van der Waals surface area contributed by atoms with Gasteiger partial charge in [-0.1, -0.05) is 18.6 Å². The Bertz CT molecular complexity index is 578. The van der Waals surface area contributed by atoms with Crippen LogP contribution in [-0.2, 0) is 16.0 Å². The van der Waals surface area contributed by atoms with Crippen LogP contribution >= 0.6 is 0 Å². The molecule has 0 saturated carbocycles. The summed E-state index contributed by atoms with van der Waals surface area (Å²) in [5.41, 5.74) is 1.06. The number of aromatic hydroxyl groups is 1. The Labute approximate surface area is 156 Å². The molecule has 2 rings (SSSR count). The Morgan fingerprint density at radius 1 is 1.04 bits per heavy atom. The van der Waals surface area contributed by atoms with Crippen molar-refractivity contribution >= 4 is 11.8 Å². The summed E-state index contributed by atoms with van der Waals surface area (Å²) in [6.07, 6.45) is 4.50. The Morgan fingerprint density at radius 2 is 1.65 bits per heavy atom. The second-order valence-electron chi connectivity index (χ2n) is 7.17. The highest BCUT2D eigenvalue weighted by molar-refractivity contribution is 5.80. The number of likely N-dealkylation sites (tertiary alicyclic amines) is 1. The summed E-state index contributed by atoms with van der Waals surface area (Å²) >= 11 is 0. The van der Waals surface area contributed by atoms with Crippen LogP contribution in [0.2, 0.25) is 0 Å². The van der Waals surface area contributed by atoms with Gasteiger partial charge in [-0.2, -0.15) is 0 Å². The van der Waals surface area contributed by atoms with E-state index in [-0.39, 0.29) is 24.0 Å². The number of benzene rings is 1. The second kappa shape index (κ2) is 10.2. The van der Waals surface area contributed by atoms with Gasteiger partial charge in [0.1, 0.15) is 5.75 Å². The molecule has 1 saturated heterocycles. The molecule has 0 radical (unpaired) electrons. The molecule has 144 valence electrons. The lowest BCUT2D eigenvalue weighted by atomic mass is 9.99. The Kier molecular flexibility index (Phi) is 7.91. The lowest BCUT2D eigenvalue weighted by Gasteiger charge is -2.38. The van der Waals surface area contributed by atoms with E-state index in [0.717, 1.165) is 18.4 Å². The SMILES string of the molecule is CC1CCCC(C)N1[13CH2][13C](=O)NCCC(=O)NCCc1ccc(O)cc1. The quantitative estimate of drug-likeness (QED) is 0.616. The minimum Gasteiger partial charge on any atom is -0.508 e. The van der Waals surface area contributed by atoms with Crippen molar-refractivity contribution < 1.29 is 14.7 Å². The van der Waals surface area contributed by atoms with Crippen molar-refractivity contribution in [2.24, 2.45) is 0 Å². The van der Waals surface area contributed by atoms with Gasteiger partial charge in [0.05, 0.1) is 6.54 Å². The normalized spacial score (nSPS) is 20.5. The zero-order valence-corrected chi connectivity index (χ0v) is 15.8. The molecule has 6 nitrogen and oxygen atoms in total. The molecule has 2 unspecified atom stereocenters. The molecule has 2 amide bonds. The first-order valence-corrected chi connectivity index (χ1v) is 9.52. The zero-order valence-electron chi connectivity index (χ0n) is 15.8. The van der Waals surface area contributed by atoms with Gasteiger partial charge in [0.25, 0.3) is 0 Å². The first-order chi connectivity index (χ1) is 12.5. The molecule has 0 spiro atoms. The summed E-state index contributed by atoms with van der Waals surface area (Å²) in [5.74, 6) is 0.160. The molecule has 2 atom stereocenters. The molecule has 1 aliphatic rings. The minimum atomic E-state index is -0.0659. The van der Waals surface area contributed by atoms with Crippen LogP contribution in [0.1, 0.15) is 45.1 Å². The Hall–Kier alpha value is -2.08. The molecule has 1 aromatic rings. The van der Waals surface area contributed by atoms with Gasteiger partial charge in [0, 0.05) is 31.6 Å². The summed E-state index contributed by atoms with van der Waals surface area (Å²) in [7, 11) is 0. The molecule has 0 bridgehead atoms. The number of hydrogen-bond donors (Lipinski definition) is 3. The standard InChI is InChI=1S/C20H31N3O3/c1-15-4-3-5-16(2)23(15)14-20(26)22-13-11-19(25)21-12-10-17-6-8-18(24)9-7-17/h6-9,15-16,24H,3-5,10-14H2,1-2H3,(H,21,25)(H,22,26)/i14+1,20+1. The zero-order chi connectivity index (χ0) is 18.9. The maximum absolute atomic E-state index is 12.1. The summed E-state index contributed by atoms with van der Waals surface area (Å²) < 4.78 is 0. The fourth-order valence-corrected chi connectivity index (χ4v) is 3.42. The third-order valence-corrected chi connectivity index (χ3v) is 5.05. The Morgan fingerprint density at radius 3 is 2.31 bits per heavy atom. The topological polar surface area (TPSA) is 81.7 Å². The predicted octanol–water partition coefficient (Wildman–Crippen LogP) is 1.82. The molecule has 3 N–H and O–H groups in total. The Balaban J connectivity index is 1.58. The highest BCUT2D eigenvalue weighted by atomic mass is 16.3. The van der Waals surface area contributed by atoms with Crippen molar-refractivity contribution in [2.75, 3.05) is 19.6 Å². The van der Waals surface area contributed by atoms with Gasteiger partial charge in [0.2, 0.25) is 11.8 Å². The first kappa shape index (κ1) is 20.2. The maximum atomic E-state index is 12.1. The minimum absolute atomic E-state index is 0.0116. The molecule has 1 aliphatic heterocycles. The van der Waals surface area contributed by atoms with Crippen molar-refractivity contribution in [1.82, 2.24) is 15.5 Å². The number of rotatable bonds is 8. The number of carbonyl (C=O) groups excluding carboxylic acids is 2. The maximum Gasteiger partial charge on any atom is 0.234 e. The van der Waals surface area contributed by atoms with E-state index in [0.29, 0.717) is 38.1 Å². The number of carbonyl (C=O) groups is 2. The summed E-state index contributed by atoms with van der Waals surface area (Å²) in [4.78, 5) is 26.2. The first-order valence-electron chi connectivity index (χ1n) is 9.52. The average Bonchev–Trinajstić information content (AvgIpc) is 2.60. The van der Waals surface area contributed by atoms with Crippen LogP contribution in [0.5, 0.6) is 5.75 Å². The monoisotopic (exact) mass is 363 g/mol. The van der Waals surface area contributed by atoms with E-state index in [9.17, 15) is 14.7 Å². The van der Waals surface area contributed by atoms with Crippen LogP contribution in [0.3, 0.4) is 0 Å². The van der Waals surface area contributed by atoms with Gasteiger partial charge < -0.3 is 15.7 Å². The van der Waals surface area contributed by atoms with Crippen molar-refractivity contribution in [2.45, 2.75) is 58.0 Å². The molecule has 0 aromatic heterocycles. The second-order valence-corrected chi connectivity index (χ2v) is 7.17. The number of phenols is 1. The van der Waals surface area contributed by atoms with Crippen LogP contribution in [0.15, 0.2) is 24.3 Å². The summed E-state index contributed by atoms with van der Waals surface area (Å²) in [6.45, 7) is 5.65. The molecule has 1 fully saturated rings. The van der Waals surface area contributed by atoms with Crippen molar-refractivity contribution in [1.29, 1.82) is 0 Å². The lowest BCUT2D eigenvalue weighted by molar-refractivity contribution is -0.124. The lowest BCUT2D eigenvalue weighted by Crippen LogP contribution is -2.49. The highest BCUT2D eigenvalue weighted by Gasteiger charge is 2.26. The third-order valence-electron chi connectivity index (χ3n) is 5.05. The van der Waals surface area contributed by atoms with Gasteiger partial charge in [-0.3, -0.25) is 14.5 Å². The molecule has 1 aromatic carbocycles. The van der Waals surface area contributed by atoms with Gasteiger partial charge in [-0.05, 0) is 50.8 Å². The van der Waals surface area contributed by atoms with Crippen LogP contribution < -0.4 is 10.6 Å². The molecule has 26 heavy (non-hydrogen) atoms. The van der Waals surface area contributed by atoms with Gasteiger partial charge in [-0.15, -0.1) is 0 Å². The van der Waals surface area contributed by atoms with Crippen LogP contribution in [0, 0.1) is 0 Å². The van der Waals surface area contributed by atoms with Gasteiger partial charge in [-0.25, -0.2) is 0 Å². The largest absolute Gasteiger partial charge is 0.508 e. The van der Waals surface area contributed by atoms with E-state index < -0.39 is 0 Å². The number of phenolic OH excluding ortho intramolecular Hbond substituents is 1. The fraction of sp³-hybridized carbons (Fsp3) is 0.600. The number of piperidine rings is 1. The highest BCUT2D eigenvalue weighted by Crippen LogP contribution is 2.21. The van der Waals surface area contributed by atoms with Gasteiger partial charge in [0.15, 0.2) is 0 Å². The molecule has 0 aliphatic carbocycles.